The van der Waals surface area contributed by atoms with Crippen LogP contribution < -0.4 is 20.7 Å². The Hall–Kier alpha value is -2.26. The fourth-order valence-corrected chi connectivity index (χ4v) is 26.4. The molecule has 0 bridgehead atoms. The second kappa shape index (κ2) is 15.8. The third kappa shape index (κ3) is 7.89. The third-order valence-corrected chi connectivity index (χ3v) is 25.6. The van der Waals surface area contributed by atoms with Gasteiger partial charge in [0.1, 0.15) is 16.9 Å². The molecule has 244 valence electrons. The monoisotopic (exact) mass is 662 g/mol. The van der Waals surface area contributed by atoms with E-state index in [0.717, 1.165) is 0 Å². The minimum absolute atomic E-state index is 0.423. The number of hydrogen-bond donors (Lipinski definition) is 0. The highest BCUT2D eigenvalue weighted by atomic mass is 31.6. The van der Waals surface area contributed by atoms with Gasteiger partial charge in [0.2, 0.25) is 0 Å². The SMILES string of the molecule is CC(C)c1cc(C(C)C)c([Si](c2c(C(C)C)cc(C(C)C)cc2C(C)C)P(C)[Si](c2ccccc2)c2ccccc2)c(C(C)C)c1. The lowest BCUT2D eigenvalue weighted by Gasteiger charge is -2.38. The summed E-state index contributed by atoms with van der Waals surface area (Å²) in [6, 6.07) is 33.7. The molecule has 0 saturated heterocycles. The van der Waals surface area contributed by atoms with Crippen molar-refractivity contribution in [1.29, 1.82) is 0 Å². The van der Waals surface area contributed by atoms with E-state index in [1.54, 1.807) is 43.0 Å². The lowest BCUT2D eigenvalue weighted by Crippen LogP contribution is -2.54. The molecule has 0 aliphatic carbocycles. The van der Waals surface area contributed by atoms with E-state index in [1.807, 2.05) is 0 Å². The highest BCUT2D eigenvalue weighted by Gasteiger charge is 2.40. The van der Waals surface area contributed by atoms with Crippen molar-refractivity contribution >= 4 is 44.7 Å². The Bertz CT molecular complexity index is 1390. The maximum Gasteiger partial charge on any atom is 0.148 e. The van der Waals surface area contributed by atoms with Crippen molar-refractivity contribution in [3.8, 4) is 0 Å². The van der Waals surface area contributed by atoms with Crippen molar-refractivity contribution in [2.24, 2.45) is 0 Å². The second-order valence-electron chi connectivity index (χ2n) is 15.1. The molecule has 4 rings (SSSR count). The van der Waals surface area contributed by atoms with Gasteiger partial charge in [-0.25, -0.2) is 0 Å². The summed E-state index contributed by atoms with van der Waals surface area (Å²) in [5.41, 5.74) is 9.43. The zero-order valence-electron chi connectivity index (χ0n) is 31.0. The lowest BCUT2D eigenvalue weighted by atomic mass is 9.89. The van der Waals surface area contributed by atoms with Crippen LogP contribution in [0.1, 0.15) is 152 Å². The van der Waals surface area contributed by atoms with E-state index in [1.165, 1.54) is 11.1 Å². The largest absolute Gasteiger partial charge is 0.148 e. The van der Waals surface area contributed by atoms with Crippen LogP contribution in [0.4, 0.5) is 0 Å². The Kier molecular flexibility index (Phi) is 12.5. The van der Waals surface area contributed by atoms with E-state index >= 15 is 0 Å². The van der Waals surface area contributed by atoms with Gasteiger partial charge in [0.15, 0.2) is 0 Å². The third-order valence-electron chi connectivity index (χ3n) is 9.50. The van der Waals surface area contributed by atoms with E-state index in [2.05, 4.69) is 175 Å². The molecule has 0 fully saturated rings. The zero-order valence-corrected chi connectivity index (χ0v) is 33.9. The van der Waals surface area contributed by atoms with Gasteiger partial charge in [-0.05, 0) is 79.3 Å². The van der Waals surface area contributed by atoms with Crippen LogP contribution in [0.25, 0.3) is 0 Å². The quantitative estimate of drug-likeness (QED) is 0.105. The Morgan fingerprint density at radius 2 is 0.674 bits per heavy atom. The molecule has 0 nitrogen and oxygen atoms in total. The molecule has 3 heteroatoms. The van der Waals surface area contributed by atoms with Crippen molar-refractivity contribution in [3.05, 3.63) is 118 Å². The molecule has 4 aromatic rings. The van der Waals surface area contributed by atoms with Crippen LogP contribution in [0.2, 0.25) is 0 Å². The summed E-state index contributed by atoms with van der Waals surface area (Å²) in [5, 5.41) is 6.59. The molecule has 4 aromatic carbocycles. The smallest absolute Gasteiger partial charge is 0.117 e. The van der Waals surface area contributed by atoms with Crippen molar-refractivity contribution in [3.63, 3.8) is 0 Å². The highest BCUT2D eigenvalue weighted by molar-refractivity contribution is 8.17. The molecule has 0 heterocycles. The predicted octanol–water partition coefficient (Wildman–Crippen LogP) is 10.5. The lowest BCUT2D eigenvalue weighted by molar-refractivity contribution is 0.810. The van der Waals surface area contributed by atoms with Gasteiger partial charge in [-0.2, -0.15) is 0 Å². The molecule has 0 aliphatic heterocycles. The van der Waals surface area contributed by atoms with Crippen molar-refractivity contribution < 1.29 is 0 Å². The second-order valence-corrected chi connectivity index (χ2v) is 27.8. The van der Waals surface area contributed by atoms with Crippen LogP contribution in [-0.2, 0) is 0 Å². The van der Waals surface area contributed by atoms with Crippen molar-refractivity contribution in [2.75, 3.05) is 6.66 Å². The van der Waals surface area contributed by atoms with Gasteiger partial charge in [0.25, 0.3) is 0 Å². The molecular weight excluding hydrogens is 604 g/mol. The maximum atomic E-state index is 2.72. The topological polar surface area (TPSA) is 0 Å². The average Bonchev–Trinajstić information content (AvgIpc) is 3.01. The maximum absolute atomic E-state index is 2.72. The van der Waals surface area contributed by atoms with Crippen LogP contribution in [-0.4, -0.2) is 23.6 Å². The molecular formula is C43H59PSi2. The minimum Gasteiger partial charge on any atom is -0.117 e. The van der Waals surface area contributed by atoms with Gasteiger partial charge in [0.05, 0.1) is 0 Å². The Balaban J connectivity index is 2.23. The molecule has 0 saturated carbocycles. The van der Waals surface area contributed by atoms with E-state index < -0.39 is 23.9 Å². The normalized spacial score (nSPS) is 13.1. The first-order valence-electron chi connectivity index (χ1n) is 17.7. The highest BCUT2D eigenvalue weighted by Crippen LogP contribution is 2.42. The first-order chi connectivity index (χ1) is 21.7. The average molecular weight is 663 g/mol. The van der Waals surface area contributed by atoms with Crippen LogP contribution in [0.5, 0.6) is 0 Å². The van der Waals surface area contributed by atoms with Crippen LogP contribution >= 0.6 is 7.02 Å². The van der Waals surface area contributed by atoms with E-state index in [0.29, 0.717) is 35.5 Å². The van der Waals surface area contributed by atoms with Gasteiger partial charge in [-0.3, -0.25) is 0 Å². The first kappa shape index (κ1) is 36.6. The Morgan fingerprint density at radius 3 is 0.913 bits per heavy atom. The molecule has 1 unspecified atom stereocenters. The number of benzene rings is 4. The Morgan fingerprint density at radius 1 is 0.391 bits per heavy atom. The number of rotatable bonds is 12. The summed E-state index contributed by atoms with van der Waals surface area (Å²) in [5.74, 6) is 2.91. The Labute approximate surface area is 287 Å². The van der Waals surface area contributed by atoms with Crippen LogP contribution in [0.3, 0.4) is 0 Å². The van der Waals surface area contributed by atoms with Gasteiger partial charge in [-0.15, -0.1) is 7.02 Å². The van der Waals surface area contributed by atoms with E-state index in [9.17, 15) is 0 Å². The molecule has 46 heavy (non-hydrogen) atoms. The molecule has 0 aliphatic rings. The fraction of sp³-hybridized carbons (Fsp3) is 0.442. The molecule has 0 N–H and O–H groups in total. The molecule has 1 atom stereocenters. The summed E-state index contributed by atoms with van der Waals surface area (Å²) < 4.78 is 0. The van der Waals surface area contributed by atoms with Gasteiger partial charge >= 0.3 is 0 Å². The summed E-state index contributed by atoms with van der Waals surface area (Å²) in [4.78, 5) is 0. The van der Waals surface area contributed by atoms with Crippen LogP contribution in [0, 0.1) is 0 Å². The molecule has 0 spiro atoms. The van der Waals surface area contributed by atoms with Crippen molar-refractivity contribution in [2.45, 2.75) is 119 Å². The van der Waals surface area contributed by atoms with Crippen molar-refractivity contribution in [1.82, 2.24) is 0 Å². The molecule has 0 aromatic heterocycles. The van der Waals surface area contributed by atoms with Crippen LogP contribution in [0.15, 0.2) is 84.9 Å². The number of hydrogen-bond acceptors (Lipinski definition) is 0. The fourth-order valence-electron chi connectivity index (χ4n) is 6.78. The summed E-state index contributed by atoms with van der Waals surface area (Å²) in [7, 11) is -2.74. The minimum atomic E-state index is -1.24. The standard InChI is InChI=1S/C43H59PSi2/c1-28(2)34-24-38(30(5)6)42(39(25-34)31(7)8)46(43-40(32(9)10)26-35(29(3)4)27-41(43)33(11)12)44(13)45(36-20-16-14-17-21-36)37-22-18-15-19-23-37/h14-33H,1-13H3. The summed E-state index contributed by atoms with van der Waals surface area (Å²) >= 11 is 0. The summed E-state index contributed by atoms with van der Waals surface area (Å²) in [6.45, 7) is 31.7. The van der Waals surface area contributed by atoms with E-state index in [4.69, 9.17) is 0 Å². The first-order valence-corrected chi connectivity index (χ1v) is 24.2. The molecule has 0 amide bonds. The van der Waals surface area contributed by atoms with Gasteiger partial charge in [-0.1, -0.05) is 185 Å². The van der Waals surface area contributed by atoms with E-state index in [-0.39, 0.29) is 0 Å². The predicted molar refractivity (Wildman–Crippen MR) is 213 cm³/mol. The summed E-state index contributed by atoms with van der Waals surface area (Å²) in [6.07, 6.45) is 0. The van der Waals surface area contributed by atoms with Gasteiger partial charge in [0, 0.05) is 0 Å². The van der Waals surface area contributed by atoms with Gasteiger partial charge < -0.3 is 0 Å². The molecule has 2 radical (unpaired) electrons. The zero-order chi connectivity index (χ0) is 33.9.